The van der Waals surface area contributed by atoms with Crippen molar-refractivity contribution in [3.05, 3.63) is 17.7 Å². The quantitative estimate of drug-likeness (QED) is 0.675. The molecular weight excluding hydrogens is 320 g/mol. The molecule has 1 aromatic carbocycles. The maximum Gasteiger partial charge on any atom is 0.254 e. The lowest BCUT2D eigenvalue weighted by Crippen LogP contribution is -2.48. The van der Waals surface area contributed by atoms with E-state index in [9.17, 15) is 4.79 Å². The molecule has 0 atom stereocenters. The van der Waals surface area contributed by atoms with E-state index in [4.69, 9.17) is 14.2 Å². The molecule has 0 unspecified atom stereocenters. The number of methoxy groups -OCH3 is 3. The third kappa shape index (κ3) is 4.78. The second kappa shape index (κ2) is 9.51. The standard InChI is InChI=1S/C19H30N2O4/c1-5-6-7-8-20-9-11-21(12-10-20)19(22)15-13-16(23-2)18(25-4)17(14-15)24-3/h13-14H,5-12H2,1-4H3. The number of unbranched alkanes of at least 4 members (excludes halogenated alkanes) is 2. The van der Waals surface area contributed by atoms with Gasteiger partial charge in [-0.2, -0.15) is 0 Å². The predicted molar refractivity (Wildman–Crippen MR) is 98.0 cm³/mol. The highest BCUT2D eigenvalue weighted by molar-refractivity contribution is 5.95. The van der Waals surface area contributed by atoms with Crippen LogP contribution in [0.15, 0.2) is 12.1 Å². The van der Waals surface area contributed by atoms with Crippen LogP contribution in [0, 0.1) is 0 Å². The minimum Gasteiger partial charge on any atom is -0.493 e. The zero-order valence-electron chi connectivity index (χ0n) is 15.8. The molecule has 0 N–H and O–H groups in total. The first kappa shape index (κ1) is 19.4. The van der Waals surface area contributed by atoms with Gasteiger partial charge in [0.25, 0.3) is 5.91 Å². The Morgan fingerprint density at radius 2 is 1.56 bits per heavy atom. The van der Waals surface area contributed by atoms with E-state index in [1.807, 2.05) is 4.90 Å². The lowest BCUT2D eigenvalue weighted by atomic mass is 10.1. The van der Waals surface area contributed by atoms with Gasteiger partial charge >= 0.3 is 0 Å². The summed E-state index contributed by atoms with van der Waals surface area (Å²) in [5.41, 5.74) is 0.564. The molecule has 0 saturated carbocycles. The van der Waals surface area contributed by atoms with Crippen molar-refractivity contribution in [2.75, 3.05) is 54.1 Å². The van der Waals surface area contributed by atoms with E-state index in [-0.39, 0.29) is 5.91 Å². The summed E-state index contributed by atoms with van der Waals surface area (Å²) in [5, 5.41) is 0. The van der Waals surface area contributed by atoms with Gasteiger partial charge in [0.2, 0.25) is 5.75 Å². The first-order valence-corrected chi connectivity index (χ1v) is 8.96. The SMILES string of the molecule is CCCCCN1CCN(C(=O)c2cc(OC)c(OC)c(OC)c2)CC1. The Hall–Kier alpha value is -1.95. The molecule has 0 aliphatic carbocycles. The Labute approximate surface area is 150 Å². The fraction of sp³-hybridized carbons (Fsp3) is 0.632. The first-order chi connectivity index (χ1) is 12.1. The number of amides is 1. The molecule has 0 bridgehead atoms. The molecule has 1 aromatic rings. The number of piperazine rings is 1. The molecule has 1 aliphatic rings. The highest BCUT2D eigenvalue weighted by Crippen LogP contribution is 2.38. The van der Waals surface area contributed by atoms with E-state index < -0.39 is 0 Å². The third-order valence-electron chi connectivity index (χ3n) is 4.65. The van der Waals surface area contributed by atoms with Crippen LogP contribution < -0.4 is 14.2 Å². The molecule has 1 amide bonds. The van der Waals surface area contributed by atoms with Crippen molar-refractivity contribution in [1.29, 1.82) is 0 Å². The summed E-state index contributed by atoms with van der Waals surface area (Å²) in [6.07, 6.45) is 3.74. The van der Waals surface area contributed by atoms with E-state index in [1.165, 1.54) is 19.3 Å². The summed E-state index contributed by atoms with van der Waals surface area (Å²) >= 11 is 0. The van der Waals surface area contributed by atoms with Crippen LogP contribution in [0.2, 0.25) is 0 Å². The zero-order valence-corrected chi connectivity index (χ0v) is 15.8. The predicted octanol–water partition coefficient (Wildman–Crippen LogP) is 2.66. The number of hydrogen-bond donors (Lipinski definition) is 0. The van der Waals surface area contributed by atoms with E-state index in [1.54, 1.807) is 33.5 Å². The third-order valence-corrected chi connectivity index (χ3v) is 4.65. The summed E-state index contributed by atoms with van der Waals surface area (Å²) in [5.74, 6) is 1.52. The van der Waals surface area contributed by atoms with E-state index >= 15 is 0 Å². The van der Waals surface area contributed by atoms with Crippen LogP contribution in [0.1, 0.15) is 36.5 Å². The molecule has 1 aliphatic heterocycles. The summed E-state index contributed by atoms with van der Waals surface area (Å²) in [6, 6.07) is 3.44. The number of ether oxygens (including phenoxy) is 3. The average Bonchev–Trinajstić information content (AvgIpc) is 2.66. The molecule has 6 heteroatoms. The van der Waals surface area contributed by atoms with Crippen molar-refractivity contribution in [2.45, 2.75) is 26.2 Å². The molecule has 6 nitrogen and oxygen atoms in total. The van der Waals surface area contributed by atoms with Crippen LogP contribution >= 0.6 is 0 Å². The second-order valence-electron chi connectivity index (χ2n) is 6.25. The van der Waals surface area contributed by atoms with Crippen LogP contribution in [0.25, 0.3) is 0 Å². The first-order valence-electron chi connectivity index (χ1n) is 8.96. The second-order valence-corrected chi connectivity index (χ2v) is 6.25. The summed E-state index contributed by atoms with van der Waals surface area (Å²) in [7, 11) is 4.67. The molecule has 2 rings (SSSR count). The molecule has 0 spiro atoms. The maximum absolute atomic E-state index is 12.9. The lowest BCUT2D eigenvalue weighted by molar-refractivity contribution is 0.0634. The minimum atomic E-state index is 0.00691. The molecular formula is C19H30N2O4. The van der Waals surface area contributed by atoms with Gasteiger partial charge in [-0.05, 0) is 25.1 Å². The van der Waals surface area contributed by atoms with Crippen molar-refractivity contribution in [2.24, 2.45) is 0 Å². The van der Waals surface area contributed by atoms with Crippen LogP contribution in [0.4, 0.5) is 0 Å². The highest BCUT2D eigenvalue weighted by Gasteiger charge is 2.24. The smallest absolute Gasteiger partial charge is 0.254 e. The van der Waals surface area contributed by atoms with Crippen LogP contribution in [0.5, 0.6) is 17.2 Å². The minimum absolute atomic E-state index is 0.00691. The van der Waals surface area contributed by atoms with Crippen molar-refractivity contribution >= 4 is 5.91 Å². The molecule has 1 saturated heterocycles. The summed E-state index contributed by atoms with van der Waals surface area (Å²) in [4.78, 5) is 17.2. The zero-order chi connectivity index (χ0) is 18.2. The van der Waals surface area contributed by atoms with Crippen LogP contribution in [-0.4, -0.2) is 69.8 Å². The van der Waals surface area contributed by atoms with Crippen LogP contribution in [-0.2, 0) is 0 Å². The number of carbonyl (C=O) groups excluding carboxylic acids is 1. The summed E-state index contributed by atoms with van der Waals surface area (Å²) in [6.45, 7) is 6.71. The number of benzene rings is 1. The van der Waals surface area contributed by atoms with Gasteiger partial charge in [-0.3, -0.25) is 9.69 Å². The summed E-state index contributed by atoms with van der Waals surface area (Å²) < 4.78 is 16.0. The van der Waals surface area contributed by atoms with Gasteiger partial charge in [0, 0.05) is 31.7 Å². The Morgan fingerprint density at radius 1 is 0.960 bits per heavy atom. The maximum atomic E-state index is 12.9. The van der Waals surface area contributed by atoms with E-state index in [0.717, 1.165) is 32.7 Å². The van der Waals surface area contributed by atoms with Crippen LogP contribution in [0.3, 0.4) is 0 Å². The van der Waals surface area contributed by atoms with Crippen molar-refractivity contribution in [3.63, 3.8) is 0 Å². The molecule has 25 heavy (non-hydrogen) atoms. The van der Waals surface area contributed by atoms with Gasteiger partial charge in [-0.1, -0.05) is 19.8 Å². The van der Waals surface area contributed by atoms with Crippen molar-refractivity contribution in [1.82, 2.24) is 9.80 Å². The van der Waals surface area contributed by atoms with Gasteiger partial charge in [-0.15, -0.1) is 0 Å². The molecule has 1 fully saturated rings. The van der Waals surface area contributed by atoms with E-state index in [2.05, 4.69) is 11.8 Å². The van der Waals surface area contributed by atoms with Gasteiger partial charge in [0.15, 0.2) is 11.5 Å². The van der Waals surface area contributed by atoms with Gasteiger partial charge < -0.3 is 19.1 Å². The number of nitrogens with zero attached hydrogens (tertiary/aromatic N) is 2. The number of hydrogen-bond acceptors (Lipinski definition) is 5. The van der Waals surface area contributed by atoms with Gasteiger partial charge in [-0.25, -0.2) is 0 Å². The average molecular weight is 350 g/mol. The lowest BCUT2D eigenvalue weighted by Gasteiger charge is -2.35. The van der Waals surface area contributed by atoms with Gasteiger partial charge in [0.1, 0.15) is 0 Å². The Balaban J connectivity index is 2.04. The molecule has 0 aromatic heterocycles. The monoisotopic (exact) mass is 350 g/mol. The Kier molecular flexibility index (Phi) is 7.37. The number of carbonyl (C=O) groups is 1. The highest BCUT2D eigenvalue weighted by atomic mass is 16.5. The fourth-order valence-electron chi connectivity index (χ4n) is 3.15. The van der Waals surface area contributed by atoms with Crippen molar-refractivity contribution in [3.8, 4) is 17.2 Å². The van der Waals surface area contributed by atoms with Gasteiger partial charge in [0.05, 0.1) is 21.3 Å². The topological polar surface area (TPSA) is 51.2 Å². The fourth-order valence-corrected chi connectivity index (χ4v) is 3.15. The number of rotatable bonds is 8. The molecule has 0 radical (unpaired) electrons. The molecule has 1 heterocycles. The van der Waals surface area contributed by atoms with E-state index in [0.29, 0.717) is 22.8 Å². The van der Waals surface area contributed by atoms with Crippen molar-refractivity contribution < 1.29 is 19.0 Å². The normalized spacial score (nSPS) is 15.1. The Morgan fingerprint density at radius 3 is 2.04 bits per heavy atom. The Bertz CT molecular complexity index is 544. The molecule has 140 valence electrons. The largest absolute Gasteiger partial charge is 0.493 e.